The van der Waals surface area contributed by atoms with E-state index in [-0.39, 0.29) is 11.2 Å². The van der Waals surface area contributed by atoms with E-state index in [4.69, 9.17) is 21.1 Å². The van der Waals surface area contributed by atoms with Gasteiger partial charge in [0.15, 0.2) is 11.5 Å². The molecule has 1 unspecified atom stereocenters. The minimum atomic E-state index is -0.369. The van der Waals surface area contributed by atoms with Crippen LogP contribution in [0.5, 0.6) is 11.5 Å². The molecule has 0 aliphatic heterocycles. The number of benzene rings is 2. The molecule has 1 atom stereocenters. The van der Waals surface area contributed by atoms with Gasteiger partial charge in [-0.1, -0.05) is 36.4 Å². The first-order valence-electron chi connectivity index (χ1n) is 6.61. The molecule has 21 heavy (non-hydrogen) atoms. The van der Waals surface area contributed by atoms with Crippen molar-refractivity contribution in [3.63, 3.8) is 0 Å². The molecule has 3 nitrogen and oxygen atoms in total. The molecule has 0 amide bonds. The zero-order valence-electron chi connectivity index (χ0n) is 12.0. The van der Waals surface area contributed by atoms with Crippen molar-refractivity contribution in [3.05, 3.63) is 59.7 Å². The monoisotopic (exact) mass is 304 g/mol. The fourth-order valence-corrected chi connectivity index (χ4v) is 2.46. The topological polar surface area (TPSA) is 35.5 Å². The van der Waals surface area contributed by atoms with Crippen LogP contribution in [0.3, 0.4) is 0 Å². The average Bonchev–Trinajstić information content (AvgIpc) is 2.52. The maximum Gasteiger partial charge on any atom is 0.229 e. The number of hydrogen-bond donors (Lipinski definition) is 0. The van der Waals surface area contributed by atoms with E-state index in [1.165, 1.54) is 0 Å². The van der Waals surface area contributed by atoms with Crippen molar-refractivity contribution < 1.29 is 14.3 Å². The molecule has 2 aromatic rings. The van der Waals surface area contributed by atoms with Gasteiger partial charge < -0.3 is 9.47 Å². The first-order valence-corrected chi connectivity index (χ1v) is 6.98. The molecule has 0 aliphatic carbocycles. The molecule has 4 heteroatoms. The third kappa shape index (κ3) is 3.76. The lowest BCUT2D eigenvalue weighted by molar-refractivity contribution is -0.113. The molecule has 0 radical (unpaired) electrons. The van der Waals surface area contributed by atoms with Crippen LogP contribution >= 0.6 is 11.6 Å². The lowest BCUT2D eigenvalue weighted by atomic mass is 9.93. The zero-order valence-corrected chi connectivity index (χ0v) is 12.8. The van der Waals surface area contributed by atoms with Gasteiger partial charge in [0, 0.05) is 0 Å². The molecule has 110 valence electrons. The summed E-state index contributed by atoms with van der Waals surface area (Å²) in [6.07, 6.45) is 0.521. The fraction of sp³-hybridized carbons (Fsp3) is 0.235. The average molecular weight is 305 g/mol. The summed E-state index contributed by atoms with van der Waals surface area (Å²) in [5.74, 6) is 0.935. The van der Waals surface area contributed by atoms with Crippen LogP contribution in [-0.4, -0.2) is 19.5 Å². The lowest BCUT2D eigenvalue weighted by Gasteiger charge is -2.15. The van der Waals surface area contributed by atoms with Gasteiger partial charge in [-0.25, -0.2) is 0 Å². The van der Waals surface area contributed by atoms with Crippen molar-refractivity contribution in [2.75, 3.05) is 14.2 Å². The van der Waals surface area contributed by atoms with Crippen LogP contribution in [-0.2, 0) is 11.2 Å². The van der Waals surface area contributed by atoms with Crippen molar-refractivity contribution in [3.8, 4) is 11.5 Å². The van der Waals surface area contributed by atoms with E-state index in [0.717, 1.165) is 11.1 Å². The molecular weight excluding hydrogens is 288 g/mol. The van der Waals surface area contributed by atoms with Gasteiger partial charge >= 0.3 is 0 Å². The lowest BCUT2D eigenvalue weighted by Crippen LogP contribution is -2.10. The Hall–Kier alpha value is -2.00. The highest BCUT2D eigenvalue weighted by Gasteiger charge is 2.19. The zero-order chi connectivity index (χ0) is 15.2. The van der Waals surface area contributed by atoms with Crippen molar-refractivity contribution >= 4 is 16.8 Å². The molecule has 0 saturated heterocycles. The van der Waals surface area contributed by atoms with Crippen LogP contribution in [0.4, 0.5) is 0 Å². The first kappa shape index (κ1) is 15.4. The van der Waals surface area contributed by atoms with Crippen LogP contribution in [0.1, 0.15) is 17.0 Å². The van der Waals surface area contributed by atoms with Crippen LogP contribution < -0.4 is 9.47 Å². The van der Waals surface area contributed by atoms with Gasteiger partial charge in [-0.2, -0.15) is 0 Å². The second-order valence-electron chi connectivity index (χ2n) is 4.66. The van der Waals surface area contributed by atoms with Gasteiger partial charge in [0.2, 0.25) is 5.24 Å². The predicted molar refractivity (Wildman–Crippen MR) is 83.3 cm³/mol. The second kappa shape index (κ2) is 7.14. The van der Waals surface area contributed by atoms with Gasteiger partial charge in [-0.05, 0) is 41.3 Å². The predicted octanol–water partition coefficient (Wildman–Crippen LogP) is 3.80. The highest BCUT2D eigenvalue weighted by atomic mass is 35.5. The molecule has 0 spiro atoms. The third-order valence-electron chi connectivity index (χ3n) is 3.36. The Morgan fingerprint density at radius 1 is 1.05 bits per heavy atom. The maximum atomic E-state index is 11.7. The number of ether oxygens (including phenoxy) is 2. The fourth-order valence-electron chi connectivity index (χ4n) is 2.26. The summed E-state index contributed by atoms with van der Waals surface area (Å²) in [4.78, 5) is 11.7. The summed E-state index contributed by atoms with van der Waals surface area (Å²) in [6, 6.07) is 15.1. The third-order valence-corrected chi connectivity index (χ3v) is 3.63. The van der Waals surface area contributed by atoms with E-state index in [1.54, 1.807) is 14.2 Å². The molecule has 0 fully saturated rings. The van der Waals surface area contributed by atoms with Crippen molar-refractivity contribution in [1.82, 2.24) is 0 Å². The van der Waals surface area contributed by atoms with E-state index < -0.39 is 0 Å². The highest BCUT2D eigenvalue weighted by molar-refractivity contribution is 6.64. The van der Waals surface area contributed by atoms with Gasteiger partial charge in [-0.15, -0.1) is 0 Å². The molecule has 2 rings (SSSR count). The number of carbonyl (C=O) groups excluding carboxylic acids is 1. The molecule has 2 aromatic carbocycles. The Morgan fingerprint density at radius 2 is 1.71 bits per heavy atom. The number of methoxy groups -OCH3 is 2. The largest absolute Gasteiger partial charge is 0.493 e. The maximum absolute atomic E-state index is 11.7. The Balaban J connectivity index is 2.28. The Morgan fingerprint density at radius 3 is 2.29 bits per heavy atom. The van der Waals surface area contributed by atoms with E-state index >= 15 is 0 Å². The summed E-state index contributed by atoms with van der Waals surface area (Å²) < 4.78 is 10.5. The van der Waals surface area contributed by atoms with Gasteiger partial charge in [0.1, 0.15) is 0 Å². The molecule has 0 heterocycles. The Bertz CT molecular complexity index is 611. The van der Waals surface area contributed by atoms with Gasteiger partial charge in [-0.3, -0.25) is 4.79 Å². The summed E-state index contributed by atoms with van der Waals surface area (Å²) in [5, 5.41) is -0.365. The molecule has 0 N–H and O–H groups in total. The molecule has 0 saturated carbocycles. The van der Waals surface area contributed by atoms with E-state index in [2.05, 4.69) is 0 Å². The van der Waals surface area contributed by atoms with E-state index in [9.17, 15) is 4.79 Å². The summed E-state index contributed by atoms with van der Waals surface area (Å²) in [6.45, 7) is 0. The SMILES string of the molecule is COc1ccc(CC(C(=O)Cl)c2ccccc2)cc1OC. The van der Waals surface area contributed by atoms with Crippen LogP contribution in [0.2, 0.25) is 0 Å². The number of hydrogen-bond acceptors (Lipinski definition) is 3. The van der Waals surface area contributed by atoms with Crippen molar-refractivity contribution in [2.45, 2.75) is 12.3 Å². The first-order chi connectivity index (χ1) is 10.2. The van der Waals surface area contributed by atoms with Crippen LogP contribution in [0.25, 0.3) is 0 Å². The summed E-state index contributed by atoms with van der Waals surface area (Å²) >= 11 is 5.77. The van der Waals surface area contributed by atoms with Gasteiger partial charge in [0.05, 0.1) is 20.1 Å². The minimum absolute atomic E-state index is 0.365. The van der Waals surface area contributed by atoms with E-state index in [1.807, 2.05) is 48.5 Å². The highest BCUT2D eigenvalue weighted by Crippen LogP contribution is 2.30. The smallest absolute Gasteiger partial charge is 0.229 e. The summed E-state index contributed by atoms with van der Waals surface area (Å²) in [5.41, 5.74) is 1.88. The molecule has 0 bridgehead atoms. The Kier molecular flexibility index (Phi) is 5.23. The summed E-state index contributed by atoms with van der Waals surface area (Å²) in [7, 11) is 3.18. The van der Waals surface area contributed by atoms with Crippen molar-refractivity contribution in [2.24, 2.45) is 0 Å². The van der Waals surface area contributed by atoms with Crippen LogP contribution in [0, 0.1) is 0 Å². The molecule has 0 aliphatic rings. The van der Waals surface area contributed by atoms with Gasteiger partial charge in [0.25, 0.3) is 0 Å². The van der Waals surface area contributed by atoms with Crippen molar-refractivity contribution in [1.29, 1.82) is 0 Å². The Labute approximate surface area is 129 Å². The quantitative estimate of drug-likeness (QED) is 0.762. The minimum Gasteiger partial charge on any atom is -0.493 e. The normalized spacial score (nSPS) is 11.8. The van der Waals surface area contributed by atoms with E-state index in [0.29, 0.717) is 17.9 Å². The van der Waals surface area contributed by atoms with Crippen LogP contribution in [0.15, 0.2) is 48.5 Å². The number of rotatable bonds is 6. The standard InChI is InChI=1S/C17H17ClO3/c1-20-15-9-8-12(11-16(15)21-2)10-14(17(18)19)13-6-4-3-5-7-13/h3-9,11,14H,10H2,1-2H3. The molecule has 0 aromatic heterocycles. The molecular formula is C17H17ClO3. The number of halogens is 1. The second-order valence-corrected chi connectivity index (χ2v) is 5.03. The number of carbonyl (C=O) groups is 1.